The molecule has 1 aliphatic rings. The maximum Gasteiger partial charge on any atom is 0.410 e. The molecule has 0 atom stereocenters. The number of carbonyl (C=O) groups excluding carboxylic acids is 1. The molecule has 0 N–H and O–H groups in total. The fourth-order valence-corrected chi connectivity index (χ4v) is 5.37. The lowest BCUT2D eigenvalue weighted by molar-refractivity contribution is 0.0240. The second-order valence-corrected chi connectivity index (χ2v) is 11.9. The van der Waals surface area contributed by atoms with Crippen molar-refractivity contribution in [3.05, 3.63) is 60.3 Å². The van der Waals surface area contributed by atoms with E-state index in [1.807, 2.05) is 27.0 Å². The van der Waals surface area contributed by atoms with Crippen molar-refractivity contribution in [1.29, 1.82) is 0 Å². The zero-order valence-corrected chi connectivity index (χ0v) is 21.9. The molecule has 3 aromatic rings. The smallest absolute Gasteiger partial charge is 0.410 e. The van der Waals surface area contributed by atoms with Crippen LogP contribution in [0.1, 0.15) is 47.1 Å². The van der Waals surface area contributed by atoms with Gasteiger partial charge in [0.2, 0.25) is 0 Å². The molecule has 0 bridgehead atoms. The molecule has 1 amide bonds. The summed E-state index contributed by atoms with van der Waals surface area (Å²) in [5, 5.41) is 2.32. The molecular weight excluding hydrogens is 442 g/mol. The van der Waals surface area contributed by atoms with E-state index in [-0.39, 0.29) is 11.5 Å². The fraction of sp³-hybridized carbons (Fsp3) is 0.429. The van der Waals surface area contributed by atoms with E-state index >= 15 is 0 Å². The standard InChI is InChI=1S/C28H35N3O2S/c1-27(2,3)23-9-7-8-10-24(23)34-21-12-11-20-13-14-29-25(22(20)19-21)30-15-17-31(18-16-30)26(32)33-28(4,5)6/h7-14,19H,15-18H2,1-6H3. The summed E-state index contributed by atoms with van der Waals surface area (Å²) in [7, 11) is 0. The van der Waals surface area contributed by atoms with E-state index in [2.05, 4.69) is 74.2 Å². The van der Waals surface area contributed by atoms with E-state index in [1.54, 1.807) is 16.7 Å². The minimum atomic E-state index is -0.481. The molecule has 2 aromatic carbocycles. The second-order valence-electron chi connectivity index (χ2n) is 10.8. The first-order chi connectivity index (χ1) is 16.0. The number of hydrogen-bond acceptors (Lipinski definition) is 5. The second kappa shape index (κ2) is 9.49. The maximum absolute atomic E-state index is 12.5. The summed E-state index contributed by atoms with van der Waals surface area (Å²) in [6, 6.07) is 17.3. The fourth-order valence-electron chi connectivity index (χ4n) is 4.18. The Hall–Kier alpha value is -2.73. The minimum Gasteiger partial charge on any atom is -0.444 e. The van der Waals surface area contributed by atoms with Crippen LogP contribution in [0.4, 0.5) is 10.6 Å². The van der Waals surface area contributed by atoms with Crippen molar-refractivity contribution in [3.63, 3.8) is 0 Å². The van der Waals surface area contributed by atoms with Gasteiger partial charge in [-0.15, -0.1) is 0 Å². The van der Waals surface area contributed by atoms with Gasteiger partial charge >= 0.3 is 6.09 Å². The van der Waals surface area contributed by atoms with Crippen molar-refractivity contribution in [1.82, 2.24) is 9.88 Å². The van der Waals surface area contributed by atoms with E-state index < -0.39 is 5.60 Å². The monoisotopic (exact) mass is 477 g/mol. The van der Waals surface area contributed by atoms with Crippen LogP contribution >= 0.6 is 11.8 Å². The number of anilines is 1. The van der Waals surface area contributed by atoms with Crippen LogP contribution in [-0.2, 0) is 10.2 Å². The van der Waals surface area contributed by atoms with Gasteiger partial charge in [-0.1, -0.05) is 56.8 Å². The van der Waals surface area contributed by atoms with Gasteiger partial charge in [-0.3, -0.25) is 0 Å². The van der Waals surface area contributed by atoms with E-state index in [0.29, 0.717) is 13.1 Å². The summed E-state index contributed by atoms with van der Waals surface area (Å²) in [5.41, 5.74) is 0.955. The lowest BCUT2D eigenvalue weighted by Gasteiger charge is -2.36. The predicted molar refractivity (Wildman–Crippen MR) is 141 cm³/mol. The number of rotatable bonds is 3. The molecule has 4 rings (SSSR count). The Morgan fingerprint density at radius 2 is 1.65 bits per heavy atom. The number of carbonyl (C=O) groups is 1. The van der Waals surface area contributed by atoms with Gasteiger partial charge in [0.25, 0.3) is 0 Å². The van der Waals surface area contributed by atoms with Gasteiger partial charge < -0.3 is 14.5 Å². The molecular formula is C28H35N3O2S. The number of pyridine rings is 1. The van der Waals surface area contributed by atoms with Crippen LogP contribution in [0.5, 0.6) is 0 Å². The first-order valence-corrected chi connectivity index (χ1v) is 12.7. The number of piperazine rings is 1. The highest BCUT2D eigenvalue weighted by atomic mass is 32.2. The number of ether oxygens (including phenoxy) is 1. The van der Waals surface area contributed by atoms with Gasteiger partial charge in [-0.2, -0.15) is 0 Å². The van der Waals surface area contributed by atoms with E-state index in [0.717, 1.165) is 24.3 Å². The van der Waals surface area contributed by atoms with Gasteiger partial charge in [0.15, 0.2) is 0 Å². The Labute approximate surface area is 207 Å². The van der Waals surface area contributed by atoms with E-state index in [4.69, 9.17) is 9.72 Å². The normalized spacial score (nSPS) is 15.0. The number of fused-ring (bicyclic) bond motifs is 1. The van der Waals surface area contributed by atoms with Crippen LogP contribution in [0.25, 0.3) is 10.8 Å². The quantitative estimate of drug-likeness (QED) is 0.418. The Bertz CT molecular complexity index is 1170. The number of benzene rings is 2. The van der Waals surface area contributed by atoms with Crippen molar-refractivity contribution < 1.29 is 9.53 Å². The van der Waals surface area contributed by atoms with Gasteiger partial charge in [0, 0.05) is 47.6 Å². The molecule has 1 aromatic heterocycles. The highest BCUT2D eigenvalue weighted by Gasteiger charge is 2.27. The third kappa shape index (κ3) is 5.66. The van der Waals surface area contributed by atoms with Crippen molar-refractivity contribution in [3.8, 4) is 0 Å². The predicted octanol–water partition coefficient (Wildman–Crippen LogP) is 6.74. The van der Waals surface area contributed by atoms with Crippen molar-refractivity contribution in [2.45, 2.75) is 62.3 Å². The van der Waals surface area contributed by atoms with E-state index in [1.165, 1.54) is 20.7 Å². The molecule has 5 nitrogen and oxygen atoms in total. The Kier molecular flexibility index (Phi) is 6.81. The molecule has 0 unspecified atom stereocenters. The highest BCUT2D eigenvalue weighted by molar-refractivity contribution is 7.99. The van der Waals surface area contributed by atoms with Crippen molar-refractivity contribution >= 4 is 34.4 Å². The molecule has 1 fully saturated rings. The van der Waals surface area contributed by atoms with Crippen LogP contribution in [0.3, 0.4) is 0 Å². The zero-order chi connectivity index (χ0) is 24.5. The van der Waals surface area contributed by atoms with Crippen molar-refractivity contribution in [2.24, 2.45) is 0 Å². The molecule has 0 aliphatic carbocycles. The summed E-state index contributed by atoms with van der Waals surface area (Å²) in [4.78, 5) is 23.7. The van der Waals surface area contributed by atoms with Crippen molar-refractivity contribution in [2.75, 3.05) is 31.1 Å². The average Bonchev–Trinajstić information content (AvgIpc) is 2.77. The summed E-state index contributed by atoms with van der Waals surface area (Å²) in [6.07, 6.45) is 1.63. The molecule has 6 heteroatoms. The Morgan fingerprint density at radius 3 is 2.32 bits per heavy atom. The molecule has 0 radical (unpaired) electrons. The molecule has 34 heavy (non-hydrogen) atoms. The maximum atomic E-state index is 12.5. The lowest BCUT2D eigenvalue weighted by atomic mass is 9.87. The average molecular weight is 478 g/mol. The van der Waals surface area contributed by atoms with Crippen LogP contribution in [0.15, 0.2) is 64.5 Å². The minimum absolute atomic E-state index is 0.0843. The van der Waals surface area contributed by atoms with Crippen LogP contribution in [0, 0.1) is 0 Å². The first kappa shape index (κ1) is 24.4. The summed E-state index contributed by atoms with van der Waals surface area (Å²) in [6.45, 7) is 15.2. The Balaban J connectivity index is 1.56. The lowest BCUT2D eigenvalue weighted by Crippen LogP contribution is -2.50. The summed E-state index contributed by atoms with van der Waals surface area (Å²) >= 11 is 1.81. The van der Waals surface area contributed by atoms with Gasteiger partial charge in [0.05, 0.1) is 0 Å². The molecule has 0 saturated carbocycles. The molecule has 0 spiro atoms. The summed E-state index contributed by atoms with van der Waals surface area (Å²) in [5.74, 6) is 0.980. The van der Waals surface area contributed by atoms with Gasteiger partial charge in [0.1, 0.15) is 11.4 Å². The number of hydrogen-bond donors (Lipinski definition) is 0. The number of aromatic nitrogens is 1. The zero-order valence-electron chi connectivity index (χ0n) is 21.1. The molecule has 180 valence electrons. The first-order valence-electron chi connectivity index (χ1n) is 11.9. The largest absolute Gasteiger partial charge is 0.444 e. The van der Waals surface area contributed by atoms with Crippen LogP contribution in [-0.4, -0.2) is 47.8 Å². The molecule has 2 heterocycles. The van der Waals surface area contributed by atoms with Crippen LogP contribution < -0.4 is 4.90 Å². The highest BCUT2D eigenvalue weighted by Crippen LogP contribution is 2.38. The molecule has 1 saturated heterocycles. The number of amides is 1. The SMILES string of the molecule is CC(C)(C)OC(=O)N1CCN(c2nccc3ccc(Sc4ccccc4C(C)(C)C)cc23)CC1. The Morgan fingerprint density at radius 1 is 0.941 bits per heavy atom. The topological polar surface area (TPSA) is 45.7 Å². The summed E-state index contributed by atoms with van der Waals surface area (Å²) < 4.78 is 5.54. The van der Waals surface area contributed by atoms with Gasteiger partial charge in [-0.25, -0.2) is 9.78 Å². The van der Waals surface area contributed by atoms with E-state index in [9.17, 15) is 4.79 Å². The van der Waals surface area contributed by atoms with Crippen LogP contribution in [0.2, 0.25) is 0 Å². The third-order valence-corrected chi connectivity index (χ3v) is 6.94. The molecule has 1 aliphatic heterocycles. The third-order valence-electron chi connectivity index (χ3n) is 5.87. The van der Waals surface area contributed by atoms with Gasteiger partial charge in [-0.05, 0) is 61.4 Å². The number of nitrogens with zero attached hydrogens (tertiary/aromatic N) is 3.